The van der Waals surface area contributed by atoms with Crippen molar-refractivity contribution in [3.8, 4) is 11.4 Å². The van der Waals surface area contributed by atoms with Crippen LogP contribution in [0.5, 0.6) is 0 Å². The van der Waals surface area contributed by atoms with Crippen molar-refractivity contribution in [1.82, 2.24) is 19.9 Å². The Labute approximate surface area is 199 Å². The predicted molar refractivity (Wildman–Crippen MR) is 131 cm³/mol. The summed E-state index contributed by atoms with van der Waals surface area (Å²) in [6.45, 7) is 5.56. The molecular weight excluding hydrogens is 430 g/mol. The van der Waals surface area contributed by atoms with Gasteiger partial charge in [0.15, 0.2) is 5.82 Å². The molecule has 0 unspecified atom stereocenters. The highest BCUT2D eigenvalue weighted by atomic mass is 16.3. The summed E-state index contributed by atoms with van der Waals surface area (Å²) in [6, 6.07) is 14.2. The molecule has 1 amide bonds. The first-order valence-electron chi connectivity index (χ1n) is 11.7. The maximum atomic E-state index is 12.8. The van der Waals surface area contributed by atoms with Crippen molar-refractivity contribution in [2.75, 3.05) is 18.4 Å². The highest BCUT2D eigenvalue weighted by Gasteiger charge is 2.45. The zero-order valence-electron chi connectivity index (χ0n) is 19.6. The van der Waals surface area contributed by atoms with E-state index in [9.17, 15) is 4.79 Å². The number of piperidine rings is 1. The Morgan fingerprint density at radius 1 is 1.12 bits per heavy atom. The number of amides is 1. The van der Waals surface area contributed by atoms with Crippen molar-refractivity contribution in [1.29, 1.82) is 0 Å². The number of H-pyrrole nitrogens is 1. The van der Waals surface area contributed by atoms with Crippen LogP contribution in [0.3, 0.4) is 0 Å². The molecule has 3 heterocycles. The lowest BCUT2D eigenvalue weighted by Crippen LogP contribution is -2.44. The number of hydrogen-bond acceptors (Lipinski definition) is 5. The summed E-state index contributed by atoms with van der Waals surface area (Å²) >= 11 is 0. The van der Waals surface area contributed by atoms with Crippen LogP contribution in [-0.4, -0.2) is 56.5 Å². The number of fused-ring (bicyclic) bond motifs is 2. The lowest BCUT2D eigenvalue weighted by molar-refractivity contribution is -0.122. The molecule has 1 spiro atoms. The zero-order valence-corrected chi connectivity index (χ0v) is 19.6. The summed E-state index contributed by atoms with van der Waals surface area (Å²) in [5, 5.41) is 10.5. The standard InChI is InChI=1S/C25H29N5O.CH2O2/c1-17(2)27-23-19-10-11-25(21(19)28-22(29-23)18-7-4-3-5-8-18)12-15-30(16-13-25)24(31)20-9-6-14-26-20;2-1-3/h3-9,14,17,26H,10-13,15-16H2,1-2H3,(H,27,28,29);1H,(H,2,3). The van der Waals surface area contributed by atoms with Crippen LogP contribution in [-0.2, 0) is 16.6 Å². The summed E-state index contributed by atoms with van der Waals surface area (Å²) in [4.78, 5) is 36.2. The van der Waals surface area contributed by atoms with E-state index in [-0.39, 0.29) is 17.8 Å². The highest BCUT2D eigenvalue weighted by Crippen LogP contribution is 2.47. The van der Waals surface area contributed by atoms with Gasteiger partial charge in [-0.25, -0.2) is 9.97 Å². The molecule has 3 N–H and O–H groups in total. The van der Waals surface area contributed by atoms with Crippen LogP contribution in [0.1, 0.15) is 54.9 Å². The molecule has 8 nitrogen and oxygen atoms in total. The molecule has 0 atom stereocenters. The Kier molecular flexibility index (Phi) is 6.95. The normalized spacial score (nSPS) is 16.0. The quantitative estimate of drug-likeness (QED) is 0.504. The average molecular weight is 462 g/mol. The smallest absolute Gasteiger partial charge is 0.290 e. The first kappa shape index (κ1) is 23.5. The van der Waals surface area contributed by atoms with E-state index in [4.69, 9.17) is 19.9 Å². The van der Waals surface area contributed by atoms with Crippen molar-refractivity contribution in [3.05, 3.63) is 65.6 Å². The molecule has 1 aromatic carbocycles. The van der Waals surface area contributed by atoms with Gasteiger partial charge in [0.1, 0.15) is 11.5 Å². The van der Waals surface area contributed by atoms with Gasteiger partial charge in [-0.2, -0.15) is 0 Å². The van der Waals surface area contributed by atoms with Gasteiger partial charge >= 0.3 is 0 Å². The van der Waals surface area contributed by atoms with Gasteiger partial charge < -0.3 is 20.3 Å². The number of nitrogens with zero attached hydrogens (tertiary/aromatic N) is 3. The summed E-state index contributed by atoms with van der Waals surface area (Å²) in [6.07, 6.45) is 5.76. The second kappa shape index (κ2) is 10.1. The fraction of sp³-hybridized carbons (Fsp3) is 0.385. The molecule has 0 bridgehead atoms. The van der Waals surface area contributed by atoms with E-state index in [1.807, 2.05) is 35.2 Å². The molecule has 5 rings (SSSR count). The number of likely N-dealkylation sites (tertiary alicyclic amines) is 1. The molecule has 0 saturated carbocycles. The van der Waals surface area contributed by atoms with Crippen molar-refractivity contribution in [2.45, 2.75) is 51.0 Å². The van der Waals surface area contributed by atoms with E-state index in [0.717, 1.165) is 56.0 Å². The second-order valence-corrected chi connectivity index (χ2v) is 9.15. The van der Waals surface area contributed by atoms with Gasteiger partial charge in [0, 0.05) is 41.9 Å². The van der Waals surface area contributed by atoms with Crippen molar-refractivity contribution in [2.24, 2.45) is 0 Å². The number of hydrogen-bond donors (Lipinski definition) is 3. The second-order valence-electron chi connectivity index (χ2n) is 9.15. The third-order valence-electron chi connectivity index (χ3n) is 6.66. The van der Waals surface area contributed by atoms with Crippen LogP contribution in [0.2, 0.25) is 0 Å². The van der Waals surface area contributed by atoms with Crippen LogP contribution < -0.4 is 5.32 Å². The maximum Gasteiger partial charge on any atom is 0.290 e. The zero-order chi connectivity index (χ0) is 24.1. The molecule has 34 heavy (non-hydrogen) atoms. The molecule has 3 aromatic rings. The van der Waals surface area contributed by atoms with Gasteiger partial charge in [-0.05, 0) is 51.7 Å². The maximum absolute atomic E-state index is 12.8. The highest BCUT2D eigenvalue weighted by molar-refractivity contribution is 5.92. The molecule has 178 valence electrons. The third kappa shape index (κ3) is 4.66. The molecule has 1 aliphatic heterocycles. The molecule has 1 saturated heterocycles. The molecule has 0 radical (unpaired) electrons. The summed E-state index contributed by atoms with van der Waals surface area (Å²) in [7, 11) is 0. The Balaban J connectivity index is 0.000000868. The van der Waals surface area contributed by atoms with E-state index in [2.05, 4.69) is 36.3 Å². The third-order valence-corrected chi connectivity index (χ3v) is 6.66. The topological polar surface area (TPSA) is 111 Å². The van der Waals surface area contributed by atoms with Crippen LogP contribution >= 0.6 is 0 Å². The van der Waals surface area contributed by atoms with Crippen molar-refractivity contribution >= 4 is 18.2 Å². The summed E-state index contributed by atoms with van der Waals surface area (Å²) < 4.78 is 0. The van der Waals surface area contributed by atoms with E-state index in [1.165, 1.54) is 11.3 Å². The number of benzene rings is 1. The Morgan fingerprint density at radius 3 is 2.44 bits per heavy atom. The van der Waals surface area contributed by atoms with E-state index < -0.39 is 0 Å². The minimum Gasteiger partial charge on any atom is -0.483 e. The number of carbonyl (C=O) groups is 2. The van der Waals surface area contributed by atoms with Gasteiger partial charge in [0.25, 0.3) is 12.4 Å². The van der Waals surface area contributed by atoms with Gasteiger partial charge in [0.2, 0.25) is 0 Å². The largest absolute Gasteiger partial charge is 0.483 e. The Bertz CT molecular complexity index is 1120. The van der Waals surface area contributed by atoms with E-state index >= 15 is 0 Å². The van der Waals surface area contributed by atoms with Gasteiger partial charge in [-0.15, -0.1) is 0 Å². The number of carboxylic acid groups (broad SMARTS) is 1. The molecule has 1 fully saturated rings. The van der Waals surface area contributed by atoms with Crippen molar-refractivity contribution in [3.63, 3.8) is 0 Å². The molecule has 8 heteroatoms. The molecule has 1 aliphatic carbocycles. The van der Waals surface area contributed by atoms with Crippen LogP contribution in [0.15, 0.2) is 48.7 Å². The fourth-order valence-corrected chi connectivity index (χ4v) is 5.01. The first-order valence-corrected chi connectivity index (χ1v) is 11.7. The van der Waals surface area contributed by atoms with Crippen LogP contribution in [0, 0.1) is 0 Å². The van der Waals surface area contributed by atoms with E-state index in [1.54, 1.807) is 6.20 Å². The predicted octanol–water partition coefficient (Wildman–Crippen LogP) is 4.11. The lowest BCUT2D eigenvalue weighted by Gasteiger charge is -2.39. The number of aromatic nitrogens is 3. The number of anilines is 1. The molecule has 2 aromatic heterocycles. The average Bonchev–Trinajstić information content (AvgIpc) is 3.50. The van der Waals surface area contributed by atoms with Crippen LogP contribution in [0.25, 0.3) is 11.4 Å². The first-order chi connectivity index (χ1) is 16.5. The number of rotatable bonds is 4. The van der Waals surface area contributed by atoms with Gasteiger partial charge in [0.05, 0.1) is 5.69 Å². The summed E-state index contributed by atoms with van der Waals surface area (Å²) in [5.74, 6) is 1.85. The van der Waals surface area contributed by atoms with Gasteiger partial charge in [-0.3, -0.25) is 9.59 Å². The Hall–Kier alpha value is -3.68. The summed E-state index contributed by atoms with van der Waals surface area (Å²) in [5.41, 5.74) is 4.19. The van der Waals surface area contributed by atoms with Crippen LogP contribution in [0.4, 0.5) is 5.82 Å². The van der Waals surface area contributed by atoms with E-state index in [0.29, 0.717) is 11.7 Å². The monoisotopic (exact) mass is 461 g/mol. The minimum absolute atomic E-state index is 0.0295. The Morgan fingerprint density at radius 2 is 1.82 bits per heavy atom. The number of aromatic amines is 1. The molecule has 2 aliphatic rings. The lowest BCUT2D eigenvalue weighted by atomic mass is 9.76. The number of carbonyl (C=O) groups excluding carboxylic acids is 1. The van der Waals surface area contributed by atoms with Gasteiger partial charge in [-0.1, -0.05) is 30.3 Å². The SMILES string of the molecule is CC(C)Nc1nc(-c2ccccc2)nc2c1CCC21CCN(C(=O)c2ccc[nH]2)CC1.O=CO. The molecular formula is C26H31N5O3. The van der Waals surface area contributed by atoms with Crippen molar-refractivity contribution < 1.29 is 14.7 Å². The minimum atomic E-state index is -0.250. The fourth-order valence-electron chi connectivity index (χ4n) is 5.01. The number of nitrogens with one attached hydrogen (secondary N) is 2.